The van der Waals surface area contributed by atoms with Gasteiger partial charge in [0.25, 0.3) is 0 Å². The van der Waals surface area contributed by atoms with Crippen LogP contribution in [0.15, 0.2) is 17.2 Å². The van der Waals surface area contributed by atoms with Gasteiger partial charge in [0, 0.05) is 13.2 Å². The first-order valence-electron chi connectivity index (χ1n) is 8.62. The summed E-state index contributed by atoms with van der Waals surface area (Å²) in [5.41, 5.74) is 2.74. The van der Waals surface area contributed by atoms with E-state index in [1.165, 1.54) is 13.3 Å². The van der Waals surface area contributed by atoms with Gasteiger partial charge in [-0.3, -0.25) is 9.59 Å². The Morgan fingerprint density at radius 1 is 1.30 bits per heavy atom. The summed E-state index contributed by atoms with van der Waals surface area (Å²) in [6, 6.07) is 3.27. The standard InChI is InChI=1S/C18H26ClN3O5/c1-5-26-15-10-13(9-14(19)16(15)25-4)11-21-22-18(24)17(23)20-7-6-8-27-12(2)3/h9-12H,5-8H2,1-4H3,(H,20,23)(H,22,24)/b21-11-. The monoisotopic (exact) mass is 399 g/mol. The van der Waals surface area contributed by atoms with Crippen LogP contribution in [0.2, 0.25) is 5.02 Å². The Morgan fingerprint density at radius 3 is 2.67 bits per heavy atom. The summed E-state index contributed by atoms with van der Waals surface area (Å²) >= 11 is 6.14. The predicted octanol–water partition coefficient (Wildman–Crippen LogP) is 2.13. The van der Waals surface area contributed by atoms with Crippen LogP contribution in [-0.2, 0) is 14.3 Å². The van der Waals surface area contributed by atoms with Crippen molar-refractivity contribution in [2.75, 3.05) is 26.9 Å². The van der Waals surface area contributed by atoms with E-state index in [9.17, 15) is 9.59 Å². The second-order valence-corrected chi connectivity index (χ2v) is 6.10. The number of methoxy groups -OCH3 is 1. The number of nitrogens with zero attached hydrogens (tertiary/aromatic N) is 1. The molecule has 0 bridgehead atoms. The summed E-state index contributed by atoms with van der Waals surface area (Å²) in [5.74, 6) is -0.748. The van der Waals surface area contributed by atoms with Crippen LogP contribution in [0.1, 0.15) is 32.8 Å². The lowest BCUT2D eigenvalue weighted by atomic mass is 10.2. The van der Waals surface area contributed by atoms with Gasteiger partial charge in [-0.05, 0) is 44.9 Å². The molecule has 9 heteroatoms. The van der Waals surface area contributed by atoms with Crippen LogP contribution in [0.3, 0.4) is 0 Å². The lowest BCUT2D eigenvalue weighted by molar-refractivity contribution is -0.139. The van der Waals surface area contributed by atoms with E-state index in [4.69, 9.17) is 25.8 Å². The molecule has 0 saturated carbocycles. The van der Waals surface area contributed by atoms with Gasteiger partial charge in [0.1, 0.15) is 0 Å². The lowest BCUT2D eigenvalue weighted by Crippen LogP contribution is -2.38. The minimum absolute atomic E-state index is 0.132. The zero-order chi connectivity index (χ0) is 20.2. The minimum Gasteiger partial charge on any atom is -0.491 e. The van der Waals surface area contributed by atoms with Crippen molar-refractivity contribution in [1.29, 1.82) is 0 Å². The summed E-state index contributed by atoms with van der Waals surface area (Å²) < 4.78 is 16.0. The summed E-state index contributed by atoms with van der Waals surface area (Å²) in [5, 5.41) is 6.60. The van der Waals surface area contributed by atoms with Crippen molar-refractivity contribution in [3.63, 3.8) is 0 Å². The van der Waals surface area contributed by atoms with Crippen LogP contribution in [0.4, 0.5) is 0 Å². The Balaban J connectivity index is 2.53. The van der Waals surface area contributed by atoms with Gasteiger partial charge in [-0.2, -0.15) is 5.10 Å². The molecule has 2 amide bonds. The average Bonchev–Trinajstić information content (AvgIpc) is 2.61. The molecule has 0 atom stereocenters. The van der Waals surface area contributed by atoms with Crippen molar-refractivity contribution in [3.8, 4) is 11.5 Å². The smallest absolute Gasteiger partial charge is 0.329 e. The number of halogens is 1. The van der Waals surface area contributed by atoms with E-state index in [0.29, 0.717) is 48.3 Å². The number of hydrogen-bond donors (Lipinski definition) is 2. The van der Waals surface area contributed by atoms with Crippen LogP contribution >= 0.6 is 11.6 Å². The molecule has 0 aliphatic heterocycles. The summed E-state index contributed by atoms with van der Waals surface area (Å²) in [6.45, 7) is 6.98. The molecule has 0 unspecified atom stereocenters. The second-order valence-electron chi connectivity index (χ2n) is 5.70. The third-order valence-electron chi connectivity index (χ3n) is 3.18. The molecule has 0 radical (unpaired) electrons. The number of carbonyl (C=O) groups is 2. The quantitative estimate of drug-likeness (QED) is 0.272. The minimum atomic E-state index is -0.860. The van der Waals surface area contributed by atoms with Crippen molar-refractivity contribution in [1.82, 2.24) is 10.7 Å². The fourth-order valence-electron chi connectivity index (χ4n) is 2.01. The number of carbonyl (C=O) groups excluding carboxylic acids is 2. The van der Waals surface area contributed by atoms with Gasteiger partial charge in [0.05, 0.1) is 31.1 Å². The number of nitrogens with one attached hydrogen (secondary N) is 2. The molecule has 1 rings (SSSR count). The van der Waals surface area contributed by atoms with E-state index in [0.717, 1.165) is 0 Å². The molecule has 0 spiro atoms. The third kappa shape index (κ3) is 8.27. The van der Waals surface area contributed by atoms with Crippen molar-refractivity contribution >= 4 is 29.6 Å². The fourth-order valence-corrected chi connectivity index (χ4v) is 2.31. The van der Waals surface area contributed by atoms with E-state index in [1.54, 1.807) is 12.1 Å². The summed E-state index contributed by atoms with van der Waals surface area (Å²) in [6.07, 6.45) is 2.11. The van der Waals surface area contributed by atoms with Crippen LogP contribution in [0, 0.1) is 0 Å². The summed E-state index contributed by atoms with van der Waals surface area (Å²) in [4.78, 5) is 23.4. The van der Waals surface area contributed by atoms with Crippen LogP contribution in [-0.4, -0.2) is 51.0 Å². The van der Waals surface area contributed by atoms with E-state index in [-0.39, 0.29) is 6.10 Å². The number of amides is 2. The Bertz CT molecular complexity index is 665. The van der Waals surface area contributed by atoms with Crippen LogP contribution in [0.5, 0.6) is 11.5 Å². The number of hydrogen-bond acceptors (Lipinski definition) is 6. The fraction of sp³-hybridized carbons (Fsp3) is 0.500. The molecular formula is C18H26ClN3O5. The molecule has 150 valence electrons. The van der Waals surface area contributed by atoms with Crippen molar-refractivity contribution < 1.29 is 23.8 Å². The van der Waals surface area contributed by atoms with Crippen molar-refractivity contribution in [2.24, 2.45) is 5.10 Å². The highest BCUT2D eigenvalue weighted by Gasteiger charge is 2.13. The highest BCUT2D eigenvalue weighted by atomic mass is 35.5. The molecule has 27 heavy (non-hydrogen) atoms. The third-order valence-corrected chi connectivity index (χ3v) is 3.46. The SMILES string of the molecule is CCOc1cc(/C=N\NC(=O)C(=O)NCCCOC(C)C)cc(Cl)c1OC. The van der Waals surface area contributed by atoms with Gasteiger partial charge in [-0.1, -0.05) is 11.6 Å². The first-order valence-corrected chi connectivity index (χ1v) is 9.00. The second kappa shape index (κ2) is 12.1. The molecule has 8 nitrogen and oxygen atoms in total. The predicted molar refractivity (Wildman–Crippen MR) is 104 cm³/mol. The number of ether oxygens (including phenoxy) is 3. The zero-order valence-electron chi connectivity index (χ0n) is 16.0. The number of hydrazone groups is 1. The van der Waals surface area contributed by atoms with Gasteiger partial charge in [-0.25, -0.2) is 5.43 Å². The molecule has 1 aromatic carbocycles. The molecule has 1 aromatic rings. The van der Waals surface area contributed by atoms with Crippen molar-refractivity contribution in [2.45, 2.75) is 33.3 Å². The van der Waals surface area contributed by atoms with E-state index in [2.05, 4.69) is 15.8 Å². The van der Waals surface area contributed by atoms with Crippen molar-refractivity contribution in [3.05, 3.63) is 22.7 Å². The molecule has 0 saturated heterocycles. The molecule has 0 fully saturated rings. The maximum atomic E-state index is 11.7. The van der Waals surface area contributed by atoms with Crippen LogP contribution in [0.25, 0.3) is 0 Å². The van der Waals surface area contributed by atoms with Gasteiger partial charge in [0.2, 0.25) is 0 Å². The Morgan fingerprint density at radius 2 is 2.04 bits per heavy atom. The van der Waals surface area contributed by atoms with Gasteiger partial charge in [-0.15, -0.1) is 0 Å². The maximum Gasteiger partial charge on any atom is 0.329 e. The Labute approximate surface area is 164 Å². The largest absolute Gasteiger partial charge is 0.491 e. The first kappa shape index (κ1) is 22.7. The Hall–Kier alpha value is -2.32. The molecule has 0 aliphatic rings. The number of rotatable bonds is 10. The zero-order valence-corrected chi connectivity index (χ0v) is 16.8. The number of benzene rings is 1. The van der Waals surface area contributed by atoms with Crippen LogP contribution < -0.4 is 20.2 Å². The molecule has 0 aliphatic carbocycles. The molecule has 0 aromatic heterocycles. The van der Waals surface area contributed by atoms with E-state index < -0.39 is 11.8 Å². The van der Waals surface area contributed by atoms with Gasteiger partial charge < -0.3 is 19.5 Å². The maximum absolute atomic E-state index is 11.7. The highest BCUT2D eigenvalue weighted by Crippen LogP contribution is 2.35. The molecular weight excluding hydrogens is 374 g/mol. The Kier molecular flexibility index (Phi) is 10.2. The first-order chi connectivity index (χ1) is 12.9. The molecule has 2 N–H and O–H groups in total. The molecule has 0 heterocycles. The van der Waals surface area contributed by atoms with Gasteiger partial charge >= 0.3 is 11.8 Å². The topological polar surface area (TPSA) is 98.2 Å². The lowest BCUT2D eigenvalue weighted by Gasteiger charge is -2.11. The van der Waals surface area contributed by atoms with Gasteiger partial charge in [0.15, 0.2) is 11.5 Å². The highest BCUT2D eigenvalue weighted by molar-refractivity contribution is 6.35. The van der Waals surface area contributed by atoms with E-state index in [1.807, 2.05) is 20.8 Å². The average molecular weight is 400 g/mol. The van der Waals surface area contributed by atoms with E-state index >= 15 is 0 Å². The normalized spacial score (nSPS) is 10.9. The summed E-state index contributed by atoms with van der Waals surface area (Å²) in [7, 11) is 1.49.